The van der Waals surface area contributed by atoms with Gasteiger partial charge >= 0.3 is 5.97 Å². The lowest BCUT2D eigenvalue weighted by molar-refractivity contribution is -0.141. The summed E-state index contributed by atoms with van der Waals surface area (Å²) >= 11 is 0. The lowest BCUT2D eigenvalue weighted by Gasteiger charge is -2.24. The van der Waals surface area contributed by atoms with Crippen molar-refractivity contribution in [3.05, 3.63) is 41.6 Å². The monoisotopic (exact) mass is 286 g/mol. The lowest BCUT2D eigenvalue weighted by Crippen LogP contribution is -2.28. The number of carbonyl (C=O) groups is 1. The number of methoxy groups -OCH3 is 1. The highest BCUT2D eigenvalue weighted by atomic mass is 16.5. The summed E-state index contributed by atoms with van der Waals surface area (Å²) in [5.74, 6) is -0.263. The highest BCUT2D eigenvalue weighted by Crippen LogP contribution is 2.42. The molecule has 1 aromatic rings. The van der Waals surface area contributed by atoms with Crippen LogP contribution in [0.5, 0.6) is 0 Å². The third-order valence-electron chi connectivity index (χ3n) is 3.98. The minimum atomic E-state index is -0.376. The van der Waals surface area contributed by atoms with E-state index in [0.717, 1.165) is 23.3 Å². The Hall–Kier alpha value is -1.97. The van der Waals surface area contributed by atoms with E-state index >= 15 is 0 Å². The van der Waals surface area contributed by atoms with Gasteiger partial charge in [-0.15, -0.1) is 0 Å². The van der Waals surface area contributed by atoms with Crippen molar-refractivity contribution in [1.29, 1.82) is 0 Å². The number of azo groups is 1. The van der Waals surface area contributed by atoms with Gasteiger partial charge in [0.2, 0.25) is 0 Å². The number of rotatable bonds is 4. The van der Waals surface area contributed by atoms with E-state index in [2.05, 4.69) is 29.3 Å². The average Bonchev–Trinajstić information content (AvgIpc) is 2.77. The second-order valence-corrected chi connectivity index (χ2v) is 5.77. The number of hydrogen-bond acceptors (Lipinski definition) is 4. The maximum atomic E-state index is 11.7. The molecule has 0 bridgehead atoms. The molecule has 0 amide bonds. The number of hydrogen-bond donors (Lipinski definition) is 0. The number of carbonyl (C=O) groups excluding carboxylic acids is 1. The quantitative estimate of drug-likeness (QED) is 0.778. The van der Waals surface area contributed by atoms with E-state index in [1.165, 1.54) is 7.11 Å². The summed E-state index contributed by atoms with van der Waals surface area (Å²) < 4.78 is 4.83. The van der Waals surface area contributed by atoms with Gasteiger partial charge in [0, 0.05) is 5.92 Å². The predicted molar refractivity (Wildman–Crippen MR) is 82.7 cm³/mol. The number of ether oxygens (including phenoxy) is 1. The molecular weight excluding hydrogens is 264 g/mol. The standard InChI is InChI=1S/C17H22N2O2/c1-5-13(12-9-7-6-8-10-12)16-14(11-15(20)21-4)17(2,3)19-18-16/h6-10,14H,5,11H2,1-4H3/b16-13+. The Morgan fingerprint density at radius 3 is 2.52 bits per heavy atom. The molecule has 0 saturated carbocycles. The molecule has 0 spiro atoms. The molecule has 0 aromatic heterocycles. The molecule has 0 N–H and O–H groups in total. The second-order valence-electron chi connectivity index (χ2n) is 5.77. The van der Waals surface area contributed by atoms with E-state index in [1.54, 1.807) is 0 Å². The molecular formula is C17H22N2O2. The van der Waals surface area contributed by atoms with Crippen LogP contribution in [0.4, 0.5) is 0 Å². The molecule has 21 heavy (non-hydrogen) atoms. The maximum Gasteiger partial charge on any atom is 0.306 e. The Labute approximate surface area is 125 Å². The lowest BCUT2D eigenvalue weighted by atomic mass is 9.81. The number of allylic oxidation sites excluding steroid dienone is 1. The van der Waals surface area contributed by atoms with E-state index in [1.807, 2.05) is 32.0 Å². The van der Waals surface area contributed by atoms with E-state index < -0.39 is 0 Å². The Morgan fingerprint density at radius 2 is 1.95 bits per heavy atom. The van der Waals surface area contributed by atoms with Crippen LogP contribution in [0.2, 0.25) is 0 Å². The Morgan fingerprint density at radius 1 is 1.29 bits per heavy atom. The van der Waals surface area contributed by atoms with E-state index in [-0.39, 0.29) is 17.4 Å². The molecule has 0 fully saturated rings. The number of benzene rings is 1. The zero-order chi connectivity index (χ0) is 15.5. The summed E-state index contributed by atoms with van der Waals surface area (Å²) in [6.45, 7) is 6.12. The first-order chi connectivity index (χ1) is 9.99. The van der Waals surface area contributed by atoms with Gasteiger partial charge in [0.15, 0.2) is 0 Å². The highest BCUT2D eigenvalue weighted by molar-refractivity contribution is 5.73. The maximum absolute atomic E-state index is 11.7. The molecule has 112 valence electrons. The molecule has 1 atom stereocenters. The van der Waals surface area contributed by atoms with Gasteiger partial charge in [-0.3, -0.25) is 4.79 Å². The van der Waals surface area contributed by atoms with Gasteiger partial charge in [-0.05, 0) is 31.4 Å². The fraction of sp³-hybridized carbons (Fsp3) is 0.471. The Balaban J connectivity index is 2.45. The van der Waals surface area contributed by atoms with Crippen LogP contribution in [-0.4, -0.2) is 18.6 Å². The minimum Gasteiger partial charge on any atom is -0.469 e. The van der Waals surface area contributed by atoms with E-state index in [4.69, 9.17) is 4.74 Å². The zero-order valence-corrected chi connectivity index (χ0v) is 13.1. The molecule has 2 rings (SSSR count). The molecule has 1 aromatic carbocycles. The smallest absolute Gasteiger partial charge is 0.306 e. The molecule has 0 saturated heterocycles. The SMILES string of the molecule is CC/C(=C1\N=NC(C)(C)C1CC(=O)OC)c1ccccc1. The topological polar surface area (TPSA) is 51.0 Å². The predicted octanol–water partition coefficient (Wildman–Crippen LogP) is 4.23. The van der Waals surface area contributed by atoms with Crippen molar-refractivity contribution in [3.63, 3.8) is 0 Å². The average molecular weight is 286 g/mol. The van der Waals surface area contributed by atoms with Crippen LogP contribution in [0.1, 0.15) is 39.2 Å². The van der Waals surface area contributed by atoms with Crippen molar-refractivity contribution in [2.24, 2.45) is 16.1 Å². The normalized spacial score (nSPS) is 22.2. The minimum absolute atomic E-state index is 0.0416. The van der Waals surface area contributed by atoms with Gasteiger partial charge in [0.1, 0.15) is 0 Å². The molecule has 0 aliphatic carbocycles. The van der Waals surface area contributed by atoms with Gasteiger partial charge in [0.05, 0.1) is 24.8 Å². The van der Waals surface area contributed by atoms with Gasteiger partial charge in [0.25, 0.3) is 0 Å². The fourth-order valence-corrected chi connectivity index (χ4v) is 2.70. The molecule has 1 aliphatic rings. The van der Waals surface area contributed by atoms with Gasteiger partial charge < -0.3 is 4.74 Å². The van der Waals surface area contributed by atoms with Crippen molar-refractivity contribution >= 4 is 11.5 Å². The van der Waals surface area contributed by atoms with Crippen LogP contribution in [0.25, 0.3) is 5.57 Å². The summed E-state index contributed by atoms with van der Waals surface area (Å²) in [6.07, 6.45) is 1.16. The molecule has 4 heteroatoms. The summed E-state index contributed by atoms with van der Waals surface area (Å²) in [5.41, 5.74) is 2.83. The van der Waals surface area contributed by atoms with Crippen LogP contribution >= 0.6 is 0 Å². The van der Waals surface area contributed by atoms with Crippen molar-refractivity contribution < 1.29 is 9.53 Å². The Kier molecular flexibility index (Phi) is 4.56. The van der Waals surface area contributed by atoms with Gasteiger partial charge in [-0.25, -0.2) is 0 Å². The third kappa shape index (κ3) is 3.20. The van der Waals surface area contributed by atoms with Crippen LogP contribution < -0.4 is 0 Å². The number of nitrogens with zero attached hydrogens (tertiary/aromatic N) is 2. The summed E-state index contributed by atoms with van der Waals surface area (Å²) in [5, 5.41) is 8.77. The van der Waals surface area contributed by atoms with Crippen LogP contribution in [0, 0.1) is 5.92 Å². The summed E-state index contributed by atoms with van der Waals surface area (Å²) in [7, 11) is 1.42. The van der Waals surface area contributed by atoms with E-state index in [0.29, 0.717) is 6.42 Å². The van der Waals surface area contributed by atoms with E-state index in [9.17, 15) is 4.79 Å². The van der Waals surface area contributed by atoms with Crippen LogP contribution in [-0.2, 0) is 9.53 Å². The zero-order valence-electron chi connectivity index (χ0n) is 13.1. The highest BCUT2D eigenvalue weighted by Gasteiger charge is 2.40. The first kappa shape index (κ1) is 15.4. The first-order valence-corrected chi connectivity index (χ1v) is 7.27. The molecule has 1 heterocycles. The van der Waals surface area contributed by atoms with Crippen LogP contribution in [0.15, 0.2) is 46.3 Å². The van der Waals surface area contributed by atoms with Crippen LogP contribution in [0.3, 0.4) is 0 Å². The fourth-order valence-electron chi connectivity index (χ4n) is 2.70. The van der Waals surface area contributed by atoms with Crippen molar-refractivity contribution in [2.75, 3.05) is 7.11 Å². The third-order valence-corrected chi connectivity index (χ3v) is 3.98. The molecule has 0 radical (unpaired) electrons. The molecule has 4 nitrogen and oxygen atoms in total. The summed E-state index contributed by atoms with van der Waals surface area (Å²) in [6, 6.07) is 10.2. The van der Waals surface area contributed by atoms with Gasteiger partial charge in [-0.2, -0.15) is 10.2 Å². The van der Waals surface area contributed by atoms with Crippen molar-refractivity contribution in [2.45, 2.75) is 39.2 Å². The number of esters is 1. The largest absolute Gasteiger partial charge is 0.469 e. The molecule has 1 unspecified atom stereocenters. The molecule has 1 aliphatic heterocycles. The Bertz CT molecular complexity index is 574. The summed E-state index contributed by atoms with van der Waals surface area (Å²) in [4.78, 5) is 11.7. The second kappa shape index (κ2) is 6.20. The van der Waals surface area contributed by atoms with Crippen molar-refractivity contribution in [1.82, 2.24) is 0 Å². The first-order valence-electron chi connectivity index (χ1n) is 7.27. The van der Waals surface area contributed by atoms with Gasteiger partial charge in [-0.1, -0.05) is 37.3 Å². The van der Waals surface area contributed by atoms with Crippen molar-refractivity contribution in [3.8, 4) is 0 Å².